The number of hydrogen-bond acceptors (Lipinski definition) is 6. The van der Waals surface area contributed by atoms with E-state index in [4.69, 9.17) is 10.5 Å². The molecule has 0 N–H and O–H groups in total. The molecule has 0 aliphatic carbocycles. The normalized spacial score (nSPS) is 14.3. The maximum absolute atomic E-state index is 13.3. The van der Waals surface area contributed by atoms with E-state index in [1.54, 1.807) is 12.1 Å². The average molecular weight is 394 g/mol. The van der Waals surface area contributed by atoms with Gasteiger partial charge >= 0.3 is 0 Å². The second kappa shape index (κ2) is 7.67. The van der Waals surface area contributed by atoms with Crippen molar-refractivity contribution in [1.82, 2.24) is 0 Å². The van der Waals surface area contributed by atoms with E-state index < -0.39 is 9.84 Å². The van der Waals surface area contributed by atoms with Gasteiger partial charge < -0.3 is 0 Å². The SMILES string of the molecule is N#CC(C#N)=C1C=C(c2ccc(C#N)cc2)S(=O)(=O)C(c2ccc(C#N)cc2)=C1. The summed E-state index contributed by atoms with van der Waals surface area (Å²) in [4.78, 5) is -0.163. The molecule has 3 rings (SSSR count). The van der Waals surface area contributed by atoms with Gasteiger partial charge in [0.15, 0.2) is 0 Å². The summed E-state index contributed by atoms with van der Waals surface area (Å²) in [5.41, 5.74) is 1.35. The first-order chi connectivity index (χ1) is 13.9. The monoisotopic (exact) mass is 394 g/mol. The maximum atomic E-state index is 13.3. The van der Waals surface area contributed by atoms with Gasteiger partial charge in [-0.2, -0.15) is 21.0 Å². The van der Waals surface area contributed by atoms with Crippen LogP contribution in [0.15, 0.2) is 71.8 Å². The third-order valence-corrected chi connectivity index (χ3v) is 6.13. The molecule has 0 unspecified atom stereocenters. The molecule has 6 nitrogen and oxygen atoms in total. The van der Waals surface area contributed by atoms with Gasteiger partial charge in [0, 0.05) is 5.57 Å². The molecule has 0 aromatic heterocycles. The Balaban J connectivity index is 2.28. The zero-order chi connectivity index (χ0) is 21.0. The van der Waals surface area contributed by atoms with Gasteiger partial charge in [-0.1, -0.05) is 24.3 Å². The fraction of sp³-hybridized carbons (Fsp3) is 0. The molecule has 0 amide bonds. The van der Waals surface area contributed by atoms with Crippen LogP contribution in [-0.4, -0.2) is 8.42 Å². The van der Waals surface area contributed by atoms with E-state index in [1.807, 2.05) is 12.1 Å². The summed E-state index contributed by atoms with van der Waals surface area (Å²) in [5.74, 6) is 0. The van der Waals surface area contributed by atoms with Gasteiger partial charge in [0.25, 0.3) is 0 Å². The Morgan fingerprint density at radius 3 is 1.34 bits per heavy atom. The van der Waals surface area contributed by atoms with Crippen LogP contribution in [0.3, 0.4) is 0 Å². The van der Waals surface area contributed by atoms with Gasteiger partial charge in [0.05, 0.1) is 33.1 Å². The summed E-state index contributed by atoms with van der Waals surface area (Å²) in [6.45, 7) is 0. The Morgan fingerprint density at radius 2 is 1.03 bits per heavy atom. The van der Waals surface area contributed by atoms with Crippen LogP contribution in [0.4, 0.5) is 0 Å². The fourth-order valence-electron chi connectivity index (χ4n) is 2.79. The van der Waals surface area contributed by atoms with Crippen molar-refractivity contribution < 1.29 is 8.42 Å². The summed E-state index contributed by atoms with van der Waals surface area (Å²) < 4.78 is 26.6. The predicted octanol–water partition coefficient (Wildman–Crippen LogP) is 3.58. The van der Waals surface area contributed by atoms with Crippen LogP contribution in [-0.2, 0) is 9.84 Å². The van der Waals surface area contributed by atoms with Gasteiger partial charge in [-0.25, -0.2) is 8.42 Å². The molecule has 0 radical (unpaired) electrons. The number of allylic oxidation sites excluding steroid dienone is 4. The zero-order valence-electron chi connectivity index (χ0n) is 14.8. The van der Waals surface area contributed by atoms with Crippen LogP contribution >= 0.6 is 0 Å². The van der Waals surface area contributed by atoms with Crippen LogP contribution < -0.4 is 0 Å². The minimum absolute atomic E-state index is 0.0816. The Hall–Kier alpha value is -4.43. The molecule has 29 heavy (non-hydrogen) atoms. The topological polar surface area (TPSA) is 129 Å². The third-order valence-electron chi connectivity index (χ3n) is 4.26. The van der Waals surface area contributed by atoms with Crippen molar-refractivity contribution in [3.8, 4) is 24.3 Å². The Kier molecular flexibility index (Phi) is 5.11. The molecule has 1 heterocycles. The highest BCUT2D eigenvalue weighted by atomic mass is 32.2. The van der Waals surface area contributed by atoms with Crippen LogP contribution in [0.2, 0.25) is 0 Å². The zero-order valence-corrected chi connectivity index (χ0v) is 15.6. The molecular weight excluding hydrogens is 384 g/mol. The number of hydrogen-bond donors (Lipinski definition) is 0. The summed E-state index contributed by atoms with van der Waals surface area (Å²) in [6.07, 6.45) is 2.57. The highest BCUT2D eigenvalue weighted by Crippen LogP contribution is 2.39. The van der Waals surface area contributed by atoms with Gasteiger partial charge in [-0.3, -0.25) is 0 Å². The first kappa shape index (κ1) is 19.3. The highest BCUT2D eigenvalue weighted by molar-refractivity contribution is 8.09. The average Bonchev–Trinajstić information content (AvgIpc) is 2.75. The van der Waals surface area contributed by atoms with Crippen LogP contribution in [0.1, 0.15) is 22.3 Å². The molecule has 0 fully saturated rings. The largest absolute Gasteiger partial charge is 0.218 e. The van der Waals surface area contributed by atoms with Gasteiger partial charge in [0.2, 0.25) is 9.84 Å². The van der Waals surface area contributed by atoms with Crippen molar-refractivity contribution in [3.63, 3.8) is 0 Å². The van der Waals surface area contributed by atoms with Crippen molar-refractivity contribution in [2.75, 3.05) is 0 Å². The summed E-state index contributed by atoms with van der Waals surface area (Å²) in [7, 11) is -3.99. The first-order valence-electron chi connectivity index (χ1n) is 8.18. The maximum Gasteiger partial charge on any atom is 0.207 e. The van der Waals surface area contributed by atoms with Crippen LogP contribution in [0, 0.1) is 45.3 Å². The van der Waals surface area contributed by atoms with Crippen LogP contribution in [0.25, 0.3) is 9.81 Å². The Bertz CT molecular complexity index is 1270. The second-order valence-electron chi connectivity index (χ2n) is 5.95. The van der Waals surface area contributed by atoms with Crippen molar-refractivity contribution in [1.29, 1.82) is 21.0 Å². The van der Waals surface area contributed by atoms with Crippen molar-refractivity contribution >= 4 is 19.6 Å². The van der Waals surface area contributed by atoms with E-state index in [0.29, 0.717) is 22.3 Å². The number of benzene rings is 2. The second-order valence-corrected chi connectivity index (χ2v) is 7.84. The third kappa shape index (κ3) is 3.55. The standard InChI is InChI=1S/C22H10N4O2S/c23-11-15-1-5-17(6-2-15)21-9-19(20(13-25)14-26)10-22(29(21,27)28)18-7-3-16(12-24)4-8-18/h1-10H. The summed E-state index contributed by atoms with van der Waals surface area (Å²) in [5, 5.41) is 36.4. The first-order valence-corrected chi connectivity index (χ1v) is 9.67. The lowest BCUT2D eigenvalue weighted by atomic mass is 10.0. The number of rotatable bonds is 2. The molecular formula is C22H10N4O2S. The van der Waals surface area contributed by atoms with E-state index in [0.717, 1.165) is 0 Å². The van der Waals surface area contributed by atoms with Gasteiger partial charge in [-0.05, 0) is 47.5 Å². The number of nitriles is 4. The smallest absolute Gasteiger partial charge is 0.207 e. The molecule has 1 aliphatic rings. The molecule has 0 bridgehead atoms. The lowest BCUT2D eigenvalue weighted by Gasteiger charge is -2.18. The summed E-state index contributed by atoms with van der Waals surface area (Å²) in [6, 6.07) is 19.4. The predicted molar refractivity (Wildman–Crippen MR) is 105 cm³/mol. The summed E-state index contributed by atoms with van der Waals surface area (Å²) >= 11 is 0. The van der Waals surface area contributed by atoms with Gasteiger partial charge in [0.1, 0.15) is 17.7 Å². The van der Waals surface area contributed by atoms with Crippen molar-refractivity contribution in [2.45, 2.75) is 0 Å². The van der Waals surface area contributed by atoms with Crippen molar-refractivity contribution in [2.24, 2.45) is 0 Å². The lowest BCUT2D eigenvalue weighted by Crippen LogP contribution is -2.11. The quantitative estimate of drug-likeness (QED) is 0.716. The molecule has 0 atom stereocenters. The van der Waals surface area contributed by atoms with E-state index in [-0.39, 0.29) is 21.0 Å². The molecule has 2 aromatic rings. The van der Waals surface area contributed by atoms with Gasteiger partial charge in [-0.15, -0.1) is 0 Å². The minimum Gasteiger partial charge on any atom is -0.218 e. The van der Waals surface area contributed by atoms with Crippen molar-refractivity contribution in [3.05, 3.63) is 94.1 Å². The number of nitrogens with zero attached hydrogens (tertiary/aromatic N) is 4. The molecule has 2 aromatic carbocycles. The molecule has 0 saturated carbocycles. The number of sulfone groups is 1. The minimum atomic E-state index is -3.99. The van der Waals surface area contributed by atoms with E-state index in [9.17, 15) is 18.9 Å². The molecule has 1 aliphatic heterocycles. The van der Waals surface area contributed by atoms with Crippen LogP contribution in [0.5, 0.6) is 0 Å². The fourth-order valence-corrected chi connectivity index (χ4v) is 4.49. The van der Waals surface area contributed by atoms with E-state index in [1.165, 1.54) is 60.7 Å². The molecule has 0 spiro atoms. The molecule has 136 valence electrons. The Labute approximate surface area is 167 Å². The molecule has 7 heteroatoms. The molecule has 0 saturated heterocycles. The van der Waals surface area contributed by atoms with E-state index >= 15 is 0 Å². The highest BCUT2D eigenvalue weighted by Gasteiger charge is 2.30. The lowest BCUT2D eigenvalue weighted by molar-refractivity contribution is 0.614. The Morgan fingerprint density at radius 1 is 0.655 bits per heavy atom. The van der Waals surface area contributed by atoms with E-state index in [2.05, 4.69) is 0 Å².